The van der Waals surface area contributed by atoms with Gasteiger partial charge >= 0.3 is 0 Å². The smallest absolute Gasteiger partial charge is 0.195 e. The fraction of sp³-hybridized carbons (Fsp3) is 0.611. The van der Waals surface area contributed by atoms with Gasteiger partial charge < -0.3 is 20.1 Å². The fourth-order valence-corrected chi connectivity index (χ4v) is 3.10. The van der Waals surface area contributed by atoms with Gasteiger partial charge in [0.05, 0.1) is 19.8 Å². The van der Waals surface area contributed by atoms with Crippen LogP contribution in [-0.4, -0.2) is 47.0 Å². The van der Waals surface area contributed by atoms with Crippen LogP contribution in [0.2, 0.25) is 0 Å². The van der Waals surface area contributed by atoms with Gasteiger partial charge in [0.1, 0.15) is 0 Å². The summed E-state index contributed by atoms with van der Waals surface area (Å²) in [6, 6.07) is 5.76. The van der Waals surface area contributed by atoms with Gasteiger partial charge in [-0.15, -0.1) is 0 Å². The zero-order valence-electron chi connectivity index (χ0n) is 15.6. The number of fused-ring (bicyclic) bond motifs is 1. The van der Waals surface area contributed by atoms with Crippen molar-refractivity contribution in [2.24, 2.45) is 4.99 Å². The third kappa shape index (κ3) is 6.23. The molecule has 1 unspecified atom stereocenters. The molecule has 140 valence electrons. The zero-order chi connectivity index (χ0) is 18.3. The molecule has 1 aliphatic heterocycles. The van der Waals surface area contributed by atoms with Crippen molar-refractivity contribution in [3.8, 4) is 11.5 Å². The molecule has 1 aliphatic rings. The summed E-state index contributed by atoms with van der Waals surface area (Å²) < 4.78 is 23.3. The quantitative estimate of drug-likeness (QED) is 0.618. The number of hydrogen-bond acceptors (Lipinski definition) is 4. The van der Waals surface area contributed by atoms with Gasteiger partial charge in [0.15, 0.2) is 17.5 Å². The van der Waals surface area contributed by atoms with Gasteiger partial charge in [-0.25, -0.2) is 0 Å². The largest absolute Gasteiger partial charge is 0.490 e. The molecule has 1 aromatic rings. The molecule has 0 fully saturated rings. The molecule has 2 N–H and O–H groups in total. The van der Waals surface area contributed by atoms with E-state index in [-0.39, 0.29) is 4.75 Å². The Morgan fingerprint density at radius 2 is 1.96 bits per heavy atom. The van der Waals surface area contributed by atoms with Crippen molar-refractivity contribution >= 4 is 22.4 Å². The molecule has 0 saturated carbocycles. The highest BCUT2D eigenvalue weighted by atomic mass is 32.2. The molecule has 0 aliphatic carbocycles. The molecule has 1 heterocycles. The highest BCUT2D eigenvalue weighted by molar-refractivity contribution is 7.86. The van der Waals surface area contributed by atoms with Crippen molar-refractivity contribution < 1.29 is 13.7 Å². The molecule has 1 aromatic carbocycles. The predicted molar refractivity (Wildman–Crippen MR) is 104 cm³/mol. The van der Waals surface area contributed by atoms with Crippen LogP contribution in [0.5, 0.6) is 11.5 Å². The molecule has 0 aromatic heterocycles. The van der Waals surface area contributed by atoms with Gasteiger partial charge in [0.25, 0.3) is 0 Å². The van der Waals surface area contributed by atoms with E-state index in [1.165, 1.54) is 0 Å². The number of rotatable bonds is 5. The Balaban J connectivity index is 2.02. The Labute approximate surface area is 152 Å². The van der Waals surface area contributed by atoms with Gasteiger partial charge in [-0.1, -0.05) is 0 Å². The monoisotopic (exact) mass is 367 g/mol. The molecule has 6 nitrogen and oxygen atoms in total. The number of nitrogens with one attached hydrogen (secondary N) is 2. The van der Waals surface area contributed by atoms with Crippen molar-refractivity contribution in [3.63, 3.8) is 0 Å². The van der Waals surface area contributed by atoms with Gasteiger partial charge in [-0.2, -0.15) is 0 Å². The highest BCUT2D eigenvalue weighted by Crippen LogP contribution is 2.32. The van der Waals surface area contributed by atoms with Crippen LogP contribution < -0.4 is 20.1 Å². The van der Waals surface area contributed by atoms with E-state index < -0.39 is 10.8 Å². The molecular weight excluding hydrogens is 338 g/mol. The van der Waals surface area contributed by atoms with E-state index in [0.29, 0.717) is 31.5 Å². The van der Waals surface area contributed by atoms with Gasteiger partial charge in [-0.3, -0.25) is 9.20 Å². The first kappa shape index (κ1) is 19.6. The van der Waals surface area contributed by atoms with Crippen molar-refractivity contribution in [2.75, 3.05) is 37.4 Å². The average molecular weight is 368 g/mol. The van der Waals surface area contributed by atoms with Gasteiger partial charge in [-0.05, 0) is 39.8 Å². The molecular formula is C18H29N3O3S. The van der Waals surface area contributed by atoms with Crippen LogP contribution in [0.3, 0.4) is 0 Å². The van der Waals surface area contributed by atoms with Gasteiger partial charge in [0.2, 0.25) is 0 Å². The number of nitrogens with zero attached hydrogens (tertiary/aromatic N) is 1. The number of hydrogen-bond donors (Lipinski definition) is 2. The Morgan fingerprint density at radius 1 is 1.24 bits per heavy atom. The van der Waals surface area contributed by atoms with Crippen LogP contribution in [0.25, 0.3) is 0 Å². The summed E-state index contributed by atoms with van der Waals surface area (Å²) in [6.07, 6.45) is 0.881. The second kappa shape index (κ2) is 9.08. The van der Waals surface area contributed by atoms with Crippen LogP contribution in [0, 0.1) is 0 Å². The van der Waals surface area contributed by atoms with Crippen molar-refractivity contribution in [1.82, 2.24) is 5.32 Å². The molecule has 2 rings (SSSR count). The molecule has 0 saturated heterocycles. The van der Waals surface area contributed by atoms with Crippen LogP contribution in [-0.2, 0) is 10.8 Å². The maximum absolute atomic E-state index is 12.1. The van der Waals surface area contributed by atoms with E-state index in [0.717, 1.165) is 30.2 Å². The van der Waals surface area contributed by atoms with Crippen molar-refractivity contribution in [2.45, 2.75) is 38.9 Å². The highest BCUT2D eigenvalue weighted by Gasteiger charge is 2.18. The lowest BCUT2D eigenvalue weighted by Gasteiger charge is -2.17. The molecule has 0 bridgehead atoms. The second-order valence-electron chi connectivity index (χ2n) is 6.76. The summed E-state index contributed by atoms with van der Waals surface area (Å²) in [7, 11) is -0.907. The van der Waals surface area contributed by atoms with E-state index >= 15 is 0 Å². The van der Waals surface area contributed by atoms with E-state index in [1.54, 1.807) is 0 Å². The number of benzene rings is 1. The first-order valence-electron chi connectivity index (χ1n) is 8.73. The maximum Gasteiger partial charge on any atom is 0.195 e. The average Bonchev–Trinajstić information content (AvgIpc) is 2.79. The third-order valence-corrected chi connectivity index (χ3v) is 5.50. The SMILES string of the molecule is CCNC(=NCCS(=O)C(C)(C)C)Nc1ccc2c(c1)OCCCO2. The fourth-order valence-electron chi connectivity index (χ4n) is 2.23. The Bertz CT molecular complexity index is 626. The lowest BCUT2D eigenvalue weighted by molar-refractivity contribution is 0.297. The number of aliphatic imine (C=N–C) groups is 1. The van der Waals surface area contributed by atoms with E-state index in [9.17, 15) is 4.21 Å². The third-order valence-electron chi connectivity index (χ3n) is 3.58. The molecule has 0 amide bonds. The summed E-state index contributed by atoms with van der Waals surface area (Å²) in [4.78, 5) is 4.52. The Morgan fingerprint density at radius 3 is 2.64 bits per heavy atom. The van der Waals surface area contributed by atoms with Crippen LogP contribution in [0.15, 0.2) is 23.2 Å². The summed E-state index contributed by atoms with van der Waals surface area (Å²) in [5.74, 6) is 2.72. The van der Waals surface area contributed by atoms with Crippen molar-refractivity contribution in [3.05, 3.63) is 18.2 Å². The minimum Gasteiger partial charge on any atom is -0.490 e. The predicted octanol–water partition coefficient (Wildman–Crippen LogP) is 2.77. The van der Waals surface area contributed by atoms with E-state index in [1.807, 2.05) is 45.9 Å². The van der Waals surface area contributed by atoms with E-state index in [4.69, 9.17) is 9.47 Å². The minimum atomic E-state index is -0.907. The first-order valence-corrected chi connectivity index (χ1v) is 10.1. The number of anilines is 1. The Hall–Kier alpha value is -1.76. The zero-order valence-corrected chi connectivity index (χ0v) is 16.4. The Kier molecular flexibility index (Phi) is 7.11. The normalized spacial score (nSPS) is 16.1. The molecule has 0 spiro atoms. The lowest BCUT2D eigenvalue weighted by Crippen LogP contribution is -2.32. The topological polar surface area (TPSA) is 72.0 Å². The molecule has 1 atom stereocenters. The molecule has 0 radical (unpaired) electrons. The standard InChI is InChI=1S/C18H29N3O3S/c1-5-19-17(20-9-12-25(22)18(2,3)4)21-14-7-8-15-16(13-14)24-11-6-10-23-15/h7-8,13H,5-6,9-12H2,1-4H3,(H2,19,20,21). The molecule has 25 heavy (non-hydrogen) atoms. The molecule has 7 heteroatoms. The van der Waals surface area contributed by atoms with E-state index in [2.05, 4.69) is 15.6 Å². The second-order valence-corrected chi connectivity index (χ2v) is 9.08. The summed E-state index contributed by atoms with van der Waals surface area (Å²) >= 11 is 0. The van der Waals surface area contributed by atoms with Crippen molar-refractivity contribution in [1.29, 1.82) is 0 Å². The maximum atomic E-state index is 12.1. The number of ether oxygens (including phenoxy) is 2. The first-order chi connectivity index (χ1) is 11.9. The summed E-state index contributed by atoms with van der Waals surface area (Å²) in [5.41, 5.74) is 0.876. The van der Waals surface area contributed by atoms with Crippen LogP contribution in [0.4, 0.5) is 5.69 Å². The van der Waals surface area contributed by atoms with Crippen LogP contribution >= 0.6 is 0 Å². The van der Waals surface area contributed by atoms with Crippen LogP contribution in [0.1, 0.15) is 34.1 Å². The number of guanidine groups is 1. The minimum absolute atomic E-state index is 0.213. The summed E-state index contributed by atoms with van der Waals surface area (Å²) in [6.45, 7) is 10.5. The van der Waals surface area contributed by atoms with Gasteiger partial charge in [0, 0.05) is 46.0 Å². The summed E-state index contributed by atoms with van der Waals surface area (Å²) in [5, 5.41) is 6.47. The lowest BCUT2D eigenvalue weighted by atomic mass is 10.3.